The van der Waals surface area contributed by atoms with Gasteiger partial charge in [0, 0.05) is 6.20 Å². The second kappa shape index (κ2) is 4.90. The molecule has 3 rings (SSSR count). The molecule has 6 nitrogen and oxygen atoms in total. The summed E-state index contributed by atoms with van der Waals surface area (Å²) in [5, 5.41) is 8.00. The zero-order valence-electron chi connectivity index (χ0n) is 11.0. The van der Waals surface area contributed by atoms with E-state index in [1.807, 2.05) is 4.57 Å². The van der Waals surface area contributed by atoms with E-state index >= 15 is 0 Å². The van der Waals surface area contributed by atoms with E-state index in [1.165, 1.54) is 6.20 Å². The van der Waals surface area contributed by atoms with Crippen molar-refractivity contribution in [2.24, 2.45) is 0 Å². The maximum Gasteiger partial charge on any atom is 0.422 e. The molecule has 0 saturated heterocycles. The lowest BCUT2D eigenvalue weighted by Gasteiger charge is -2.13. The van der Waals surface area contributed by atoms with Gasteiger partial charge in [0.25, 0.3) is 5.88 Å². The predicted octanol–water partition coefficient (Wildman–Crippen LogP) is 1.98. The van der Waals surface area contributed by atoms with Crippen LogP contribution in [0.2, 0.25) is 0 Å². The van der Waals surface area contributed by atoms with Crippen molar-refractivity contribution in [3.8, 4) is 23.0 Å². The molecule has 0 aliphatic carbocycles. The van der Waals surface area contributed by atoms with E-state index in [1.54, 1.807) is 13.0 Å². The Hall–Kier alpha value is -2.32. The number of halogens is 3. The fraction of sp³-hybridized carbons (Fsp3) is 0.417. The summed E-state index contributed by atoms with van der Waals surface area (Å²) in [5.74, 6) is 1.20. The lowest BCUT2D eigenvalue weighted by Crippen LogP contribution is -2.20. The SMILES string of the molecule is Cc1nnc2n1CCOc1c-2ccnc1OCC(F)(F)F. The van der Waals surface area contributed by atoms with E-state index in [9.17, 15) is 13.2 Å². The summed E-state index contributed by atoms with van der Waals surface area (Å²) in [5.41, 5.74) is 0.514. The fourth-order valence-corrected chi connectivity index (χ4v) is 2.08. The number of pyridine rings is 1. The number of nitrogens with zero attached hydrogens (tertiary/aromatic N) is 4. The van der Waals surface area contributed by atoms with Gasteiger partial charge in [-0.1, -0.05) is 0 Å². The Kier molecular flexibility index (Phi) is 3.19. The Balaban J connectivity index is 2.01. The largest absolute Gasteiger partial charge is 0.485 e. The van der Waals surface area contributed by atoms with Gasteiger partial charge < -0.3 is 14.0 Å². The zero-order chi connectivity index (χ0) is 15.0. The van der Waals surface area contributed by atoms with E-state index < -0.39 is 12.8 Å². The average molecular weight is 300 g/mol. The number of ether oxygens (including phenoxy) is 2. The van der Waals surface area contributed by atoms with Crippen LogP contribution >= 0.6 is 0 Å². The molecule has 0 amide bonds. The van der Waals surface area contributed by atoms with Gasteiger partial charge in [0.2, 0.25) is 0 Å². The van der Waals surface area contributed by atoms with Gasteiger partial charge in [-0.05, 0) is 13.0 Å². The molecule has 0 bridgehead atoms. The van der Waals surface area contributed by atoms with Crippen LogP contribution in [0.5, 0.6) is 11.6 Å². The molecule has 21 heavy (non-hydrogen) atoms. The molecule has 0 aromatic carbocycles. The summed E-state index contributed by atoms with van der Waals surface area (Å²) in [6.45, 7) is 1.14. The van der Waals surface area contributed by atoms with Crippen LogP contribution in [0.1, 0.15) is 5.82 Å². The molecule has 0 saturated carbocycles. The van der Waals surface area contributed by atoms with E-state index in [2.05, 4.69) is 15.2 Å². The minimum absolute atomic E-state index is 0.160. The first-order chi connectivity index (χ1) is 9.96. The maximum atomic E-state index is 12.3. The molecular formula is C12H11F3N4O2. The van der Waals surface area contributed by atoms with Gasteiger partial charge in [-0.3, -0.25) is 0 Å². The Bertz CT molecular complexity index is 669. The van der Waals surface area contributed by atoms with Gasteiger partial charge in [0.1, 0.15) is 12.4 Å². The highest BCUT2D eigenvalue weighted by atomic mass is 19.4. The molecule has 0 spiro atoms. The van der Waals surface area contributed by atoms with Crippen LogP contribution in [0, 0.1) is 6.92 Å². The molecular weight excluding hydrogens is 289 g/mol. The van der Waals surface area contributed by atoms with Crippen LogP contribution in [0.3, 0.4) is 0 Å². The topological polar surface area (TPSA) is 62.1 Å². The molecule has 0 N–H and O–H groups in total. The van der Waals surface area contributed by atoms with Crippen LogP contribution in [-0.4, -0.2) is 39.1 Å². The van der Waals surface area contributed by atoms with E-state index in [4.69, 9.17) is 9.47 Å². The molecule has 1 aliphatic rings. The number of aromatic nitrogens is 4. The van der Waals surface area contributed by atoms with E-state index in [0.717, 1.165) is 0 Å². The second-order valence-corrected chi connectivity index (χ2v) is 4.47. The molecule has 2 aromatic heterocycles. The lowest BCUT2D eigenvalue weighted by atomic mass is 10.2. The first kappa shape index (κ1) is 13.7. The van der Waals surface area contributed by atoms with Crippen molar-refractivity contribution in [1.82, 2.24) is 19.7 Å². The molecule has 112 valence electrons. The molecule has 9 heteroatoms. The van der Waals surface area contributed by atoms with Crippen molar-refractivity contribution in [3.05, 3.63) is 18.1 Å². The Morgan fingerprint density at radius 3 is 2.95 bits per heavy atom. The van der Waals surface area contributed by atoms with Crippen LogP contribution in [0.15, 0.2) is 12.3 Å². The highest BCUT2D eigenvalue weighted by Crippen LogP contribution is 2.38. The molecule has 0 fully saturated rings. The first-order valence-corrected chi connectivity index (χ1v) is 6.17. The minimum atomic E-state index is -4.44. The number of hydrogen-bond acceptors (Lipinski definition) is 5. The summed E-state index contributed by atoms with van der Waals surface area (Å²) in [4.78, 5) is 3.81. The third kappa shape index (κ3) is 2.63. The first-order valence-electron chi connectivity index (χ1n) is 6.17. The van der Waals surface area contributed by atoms with Crippen molar-refractivity contribution in [1.29, 1.82) is 0 Å². The molecule has 3 heterocycles. The van der Waals surface area contributed by atoms with E-state index in [-0.39, 0.29) is 18.2 Å². The summed E-state index contributed by atoms with van der Waals surface area (Å²) < 4.78 is 48.9. The monoisotopic (exact) mass is 300 g/mol. The van der Waals surface area contributed by atoms with Crippen molar-refractivity contribution < 1.29 is 22.6 Å². The highest BCUT2D eigenvalue weighted by Gasteiger charge is 2.30. The summed E-state index contributed by atoms with van der Waals surface area (Å²) in [6.07, 6.45) is -3.08. The molecule has 2 aromatic rings. The maximum absolute atomic E-state index is 12.3. The number of aryl methyl sites for hydroxylation is 1. The molecule has 1 aliphatic heterocycles. The van der Waals surface area contributed by atoms with Gasteiger partial charge in [-0.25, -0.2) is 4.98 Å². The second-order valence-electron chi connectivity index (χ2n) is 4.47. The quantitative estimate of drug-likeness (QED) is 0.848. The normalized spacial score (nSPS) is 13.9. The Labute approximate surface area is 117 Å². The van der Waals surface area contributed by atoms with Gasteiger partial charge >= 0.3 is 6.18 Å². The summed E-state index contributed by atoms with van der Waals surface area (Å²) >= 11 is 0. The van der Waals surface area contributed by atoms with Gasteiger partial charge in [0.15, 0.2) is 18.2 Å². The smallest absolute Gasteiger partial charge is 0.422 e. The highest BCUT2D eigenvalue weighted by molar-refractivity contribution is 5.67. The van der Waals surface area contributed by atoms with Gasteiger partial charge in [-0.2, -0.15) is 13.2 Å². The standard InChI is InChI=1S/C12H11F3N4O2/c1-7-17-18-10-8-2-3-16-11(21-6-12(13,14)15)9(8)20-5-4-19(7)10/h2-3H,4-6H2,1H3. The van der Waals surface area contributed by atoms with E-state index in [0.29, 0.717) is 23.8 Å². The number of fused-ring (bicyclic) bond motifs is 3. The number of rotatable bonds is 2. The van der Waals surface area contributed by atoms with Crippen LogP contribution in [-0.2, 0) is 6.54 Å². The third-order valence-corrected chi connectivity index (χ3v) is 2.98. The summed E-state index contributed by atoms with van der Waals surface area (Å²) in [6, 6.07) is 1.61. The van der Waals surface area contributed by atoms with Crippen molar-refractivity contribution in [3.63, 3.8) is 0 Å². The Morgan fingerprint density at radius 1 is 1.38 bits per heavy atom. The van der Waals surface area contributed by atoms with Crippen LogP contribution in [0.25, 0.3) is 11.4 Å². The third-order valence-electron chi connectivity index (χ3n) is 2.98. The van der Waals surface area contributed by atoms with Crippen LogP contribution in [0.4, 0.5) is 13.2 Å². The lowest BCUT2D eigenvalue weighted by molar-refractivity contribution is -0.154. The molecule has 0 unspecified atom stereocenters. The van der Waals surface area contributed by atoms with Crippen molar-refractivity contribution in [2.45, 2.75) is 19.6 Å². The van der Waals surface area contributed by atoms with Crippen molar-refractivity contribution in [2.75, 3.05) is 13.2 Å². The number of alkyl halides is 3. The molecule has 0 radical (unpaired) electrons. The van der Waals surface area contributed by atoms with Gasteiger partial charge in [-0.15, -0.1) is 10.2 Å². The zero-order valence-corrected chi connectivity index (χ0v) is 11.0. The average Bonchev–Trinajstić information content (AvgIpc) is 2.68. The predicted molar refractivity (Wildman–Crippen MR) is 65.0 cm³/mol. The summed E-state index contributed by atoms with van der Waals surface area (Å²) in [7, 11) is 0. The minimum Gasteiger partial charge on any atom is -0.485 e. The fourth-order valence-electron chi connectivity index (χ4n) is 2.08. The van der Waals surface area contributed by atoms with Gasteiger partial charge in [0.05, 0.1) is 12.1 Å². The van der Waals surface area contributed by atoms with Crippen LogP contribution < -0.4 is 9.47 Å². The number of hydrogen-bond donors (Lipinski definition) is 0. The van der Waals surface area contributed by atoms with Crippen molar-refractivity contribution >= 4 is 0 Å². The molecule has 0 atom stereocenters. The Morgan fingerprint density at radius 2 is 2.19 bits per heavy atom.